The standard InChI is InChI=1S/C23H22O8/c1-5-29-23(25)21-17(12-10-15(26-2)20(28-4)16(11-12)27-3)18-19(31-21)13-8-6-7-9-14(13)30-22(18)24/h6-11,17,21H,5H2,1-4H3/t17-,21+/m1/s1. The van der Waals surface area contributed by atoms with E-state index in [-0.39, 0.29) is 12.2 Å². The lowest BCUT2D eigenvalue weighted by atomic mass is 9.88. The van der Waals surface area contributed by atoms with E-state index in [0.29, 0.717) is 39.5 Å². The van der Waals surface area contributed by atoms with Gasteiger partial charge in [-0.2, -0.15) is 0 Å². The van der Waals surface area contributed by atoms with Crippen LogP contribution in [0.15, 0.2) is 45.6 Å². The van der Waals surface area contributed by atoms with E-state index < -0.39 is 23.6 Å². The van der Waals surface area contributed by atoms with Crippen molar-refractivity contribution in [2.45, 2.75) is 18.9 Å². The van der Waals surface area contributed by atoms with Crippen LogP contribution < -0.4 is 24.6 Å². The van der Waals surface area contributed by atoms with Crippen LogP contribution in [0.2, 0.25) is 0 Å². The second-order valence-corrected chi connectivity index (χ2v) is 6.86. The van der Waals surface area contributed by atoms with Gasteiger partial charge in [0.05, 0.1) is 44.8 Å². The molecule has 31 heavy (non-hydrogen) atoms. The normalized spacial score (nSPS) is 17.0. The molecule has 162 valence electrons. The first kappa shape index (κ1) is 20.6. The molecule has 0 aliphatic carbocycles. The number of esters is 1. The third kappa shape index (κ3) is 3.34. The van der Waals surface area contributed by atoms with Gasteiger partial charge in [-0.1, -0.05) is 12.1 Å². The van der Waals surface area contributed by atoms with Gasteiger partial charge in [-0.3, -0.25) is 0 Å². The first-order valence-electron chi connectivity index (χ1n) is 9.72. The third-order valence-corrected chi connectivity index (χ3v) is 5.22. The van der Waals surface area contributed by atoms with Crippen LogP contribution >= 0.6 is 0 Å². The Labute approximate surface area is 178 Å². The van der Waals surface area contributed by atoms with Gasteiger partial charge in [0.15, 0.2) is 11.5 Å². The Hall–Kier alpha value is -3.68. The second kappa shape index (κ2) is 8.22. The summed E-state index contributed by atoms with van der Waals surface area (Å²) in [7, 11) is 4.48. The van der Waals surface area contributed by atoms with E-state index in [2.05, 4.69) is 0 Å². The average molecular weight is 426 g/mol. The number of ether oxygens (including phenoxy) is 5. The van der Waals surface area contributed by atoms with Crippen LogP contribution in [-0.2, 0) is 9.53 Å². The Balaban J connectivity index is 1.98. The Morgan fingerprint density at radius 1 is 1.03 bits per heavy atom. The third-order valence-electron chi connectivity index (χ3n) is 5.22. The highest BCUT2D eigenvalue weighted by Crippen LogP contribution is 2.48. The van der Waals surface area contributed by atoms with Crippen LogP contribution in [0.3, 0.4) is 0 Å². The number of hydrogen-bond acceptors (Lipinski definition) is 8. The molecule has 0 N–H and O–H groups in total. The zero-order chi connectivity index (χ0) is 22.1. The summed E-state index contributed by atoms with van der Waals surface area (Å²) in [5.74, 6) is 0.107. The van der Waals surface area contributed by atoms with Crippen LogP contribution in [-0.4, -0.2) is 40.0 Å². The summed E-state index contributed by atoms with van der Waals surface area (Å²) in [6.07, 6.45) is -1.08. The fourth-order valence-electron chi connectivity index (χ4n) is 3.91. The molecule has 2 aromatic carbocycles. The maximum absolute atomic E-state index is 13.0. The van der Waals surface area contributed by atoms with Crippen molar-refractivity contribution < 1.29 is 32.9 Å². The van der Waals surface area contributed by atoms with Gasteiger partial charge in [0, 0.05) is 0 Å². The SMILES string of the molecule is CCOC(=O)[C@H]1Oc2c(c(=O)oc3ccccc23)[C@H]1c1cc(OC)c(OC)c(OC)c1. The van der Waals surface area contributed by atoms with Crippen molar-refractivity contribution >= 4 is 16.9 Å². The van der Waals surface area contributed by atoms with Gasteiger partial charge in [-0.05, 0) is 36.8 Å². The largest absolute Gasteiger partial charge is 0.493 e. The first-order chi connectivity index (χ1) is 15.0. The van der Waals surface area contributed by atoms with E-state index in [0.717, 1.165) is 0 Å². The predicted molar refractivity (Wildman–Crippen MR) is 111 cm³/mol. The highest BCUT2D eigenvalue weighted by atomic mass is 16.6. The molecule has 0 fully saturated rings. The molecule has 1 aliphatic rings. The second-order valence-electron chi connectivity index (χ2n) is 6.86. The van der Waals surface area contributed by atoms with Crippen LogP contribution in [0.5, 0.6) is 23.0 Å². The summed E-state index contributed by atoms with van der Waals surface area (Å²) in [5.41, 5.74) is 0.596. The van der Waals surface area contributed by atoms with Crippen LogP contribution in [0.4, 0.5) is 0 Å². The van der Waals surface area contributed by atoms with Gasteiger partial charge in [-0.25, -0.2) is 9.59 Å². The van der Waals surface area contributed by atoms with E-state index in [1.54, 1.807) is 43.3 Å². The number of para-hydroxylation sites is 1. The molecule has 2 heterocycles. The molecule has 8 heteroatoms. The fraction of sp³-hybridized carbons (Fsp3) is 0.304. The molecule has 1 aromatic heterocycles. The van der Waals surface area contributed by atoms with E-state index in [4.69, 9.17) is 28.1 Å². The molecule has 0 saturated carbocycles. The van der Waals surface area contributed by atoms with Gasteiger partial charge < -0.3 is 28.1 Å². The Kier molecular flexibility index (Phi) is 5.46. The molecule has 3 aromatic rings. The number of methoxy groups -OCH3 is 3. The Morgan fingerprint density at radius 2 is 1.71 bits per heavy atom. The minimum Gasteiger partial charge on any atom is -0.493 e. The molecule has 4 rings (SSSR count). The number of carbonyl (C=O) groups excluding carboxylic acids is 1. The van der Waals surface area contributed by atoms with E-state index in [1.165, 1.54) is 21.3 Å². The first-order valence-corrected chi connectivity index (χ1v) is 9.72. The van der Waals surface area contributed by atoms with E-state index in [1.807, 2.05) is 0 Å². The minimum absolute atomic E-state index is 0.173. The number of hydrogen-bond donors (Lipinski definition) is 0. The molecular weight excluding hydrogens is 404 g/mol. The number of benzene rings is 2. The number of rotatable bonds is 6. The molecule has 2 atom stereocenters. The summed E-state index contributed by atoms with van der Waals surface area (Å²) < 4.78 is 33.1. The van der Waals surface area contributed by atoms with Crippen molar-refractivity contribution in [2.24, 2.45) is 0 Å². The number of fused-ring (bicyclic) bond motifs is 3. The lowest BCUT2D eigenvalue weighted by molar-refractivity contribution is -0.151. The summed E-state index contributed by atoms with van der Waals surface area (Å²) >= 11 is 0. The monoisotopic (exact) mass is 426 g/mol. The van der Waals surface area contributed by atoms with E-state index in [9.17, 15) is 9.59 Å². The zero-order valence-electron chi connectivity index (χ0n) is 17.6. The topological polar surface area (TPSA) is 93.4 Å². The van der Waals surface area contributed by atoms with Gasteiger partial charge in [0.25, 0.3) is 0 Å². The molecule has 0 saturated heterocycles. The minimum atomic E-state index is -1.08. The smallest absolute Gasteiger partial charge is 0.348 e. The van der Waals surface area contributed by atoms with Crippen molar-refractivity contribution in [2.75, 3.05) is 27.9 Å². The molecule has 0 bridgehead atoms. The molecule has 8 nitrogen and oxygen atoms in total. The highest BCUT2D eigenvalue weighted by Gasteiger charge is 2.45. The summed E-state index contributed by atoms with van der Waals surface area (Å²) in [6, 6.07) is 10.4. The summed E-state index contributed by atoms with van der Waals surface area (Å²) in [6.45, 7) is 1.88. The van der Waals surface area contributed by atoms with Gasteiger partial charge in [-0.15, -0.1) is 0 Å². The van der Waals surface area contributed by atoms with Crippen molar-refractivity contribution in [1.82, 2.24) is 0 Å². The zero-order valence-corrected chi connectivity index (χ0v) is 17.6. The Bertz CT molecular complexity index is 1170. The molecular formula is C23H22O8. The van der Waals surface area contributed by atoms with Crippen LogP contribution in [0.1, 0.15) is 24.0 Å². The van der Waals surface area contributed by atoms with Crippen LogP contribution in [0.25, 0.3) is 11.0 Å². The van der Waals surface area contributed by atoms with Crippen LogP contribution in [0, 0.1) is 0 Å². The maximum Gasteiger partial charge on any atom is 0.348 e. The molecule has 0 amide bonds. The quantitative estimate of drug-likeness (QED) is 0.438. The molecule has 0 radical (unpaired) electrons. The van der Waals surface area contributed by atoms with Crippen molar-refractivity contribution in [3.05, 3.63) is 57.9 Å². The number of carbonyl (C=O) groups is 1. The lowest BCUT2D eigenvalue weighted by Crippen LogP contribution is -2.32. The van der Waals surface area contributed by atoms with Gasteiger partial charge in [0.2, 0.25) is 11.9 Å². The highest BCUT2D eigenvalue weighted by molar-refractivity contribution is 5.88. The average Bonchev–Trinajstić information content (AvgIpc) is 3.20. The van der Waals surface area contributed by atoms with Gasteiger partial charge in [0.1, 0.15) is 11.3 Å². The molecule has 1 aliphatic heterocycles. The fourth-order valence-corrected chi connectivity index (χ4v) is 3.91. The summed E-state index contributed by atoms with van der Waals surface area (Å²) in [4.78, 5) is 25.8. The van der Waals surface area contributed by atoms with Crippen molar-refractivity contribution in [3.8, 4) is 23.0 Å². The lowest BCUT2D eigenvalue weighted by Gasteiger charge is -2.20. The Morgan fingerprint density at radius 3 is 2.32 bits per heavy atom. The maximum atomic E-state index is 13.0. The molecule has 0 spiro atoms. The molecule has 0 unspecified atom stereocenters. The van der Waals surface area contributed by atoms with Crippen molar-refractivity contribution in [3.63, 3.8) is 0 Å². The van der Waals surface area contributed by atoms with E-state index >= 15 is 0 Å². The predicted octanol–water partition coefficient (Wildman–Crippen LogP) is 3.27. The summed E-state index contributed by atoms with van der Waals surface area (Å²) in [5, 5.41) is 0.598. The van der Waals surface area contributed by atoms with Crippen molar-refractivity contribution in [1.29, 1.82) is 0 Å². The van der Waals surface area contributed by atoms with Gasteiger partial charge >= 0.3 is 11.6 Å².